The standard InChI is InChI=1S/C24H21N9/c25-22-18-10-6-14-27-23(18)33(32-22)15-17-9-4-5-11-19(17)28-24(26)29-21-13-12-20(30-31-21)16-7-2-1-3-8-16/h1-14H,15H2,(H2,25,32)(H3,26,28,29,31). The number of rotatable bonds is 5. The molecule has 0 saturated heterocycles. The Morgan fingerprint density at radius 1 is 0.909 bits per heavy atom. The summed E-state index contributed by atoms with van der Waals surface area (Å²) in [6.45, 7) is 0.465. The average molecular weight is 435 g/mol. The Balaban J connectivity index is 1.36. The molecule has 2 aromatic carbocycles. The molecule has 3 heterocycles. The molecule has 0 spiro atoms. The molecule has 0 fully saturated rings. The molecule has 0 unspecified atom stereocenters. The molecule has 162 valence electrons. The third kappa shape index (κ3) is 4.33. The van der Waals surface area contributed by atoms with Crippen LogP contribution in [0.2, 0.25) is 0 Å². The van der Waals surface area contributed by atoms with E-state index in [0.29, 0.717) is 18.2 Å². The number of guanidine groups is 1. The van der Waals surface area contributed by atoms with E-state index in [1.165, 1.54) is 0 Å². The number of nitrogen functional groups attached to an aromatic ring is 1. The van der Waals surface area contributed by atoms with Crippen molar-refractivity contribution in [2.24, 2.45) is 10.7 Å². The Morgan fingerprint density at radius 3 is 2.55 bits per heavy atom. The number of hydrogen-bond acceptors (Lipinski definition) is 6. The lowest BCUT2D eigenvalue weighted by Crippen LogP contribution is -2.23. The first-order chi connectivity index (χ1) is 16.2. The maximum absolute atomic E-state index is 6.16. The van der Waals surface area contributed by atoms with Crippen molar-refractivity contribution in [1.82, 2.24) is 25.0 Å². The average Bonchev–Trinajstić information content (AvgIpc) is 3.17. The minimum absolute atomic E-state index is 0.201. The quantitative estimate of drug-likeness (QED) is 0.284. The fraction of sp³-hybridized carbons (Fsp3) is 0.0417. The monoisotopic (exact) mass is 435 g/mol. The van der Waals surface area contributed by atoms with Gasteiger partial charge in [-0.1, -0.05) is 48.5 Å². The summed E-state index contributed by atoms with van der Waals surface area (Å²) in [7, 11) is 0. The SMILES string of the molecule is NC(=Nc1ccc(-c2ccccc2)nn1)Nc1ccccc1Cn1nc(N)c2cccnc21. The van der Waals surface area contributed by atoms with Crippen LogP contribution >= 0.6 is 0 Å². The Labute approximate surface area is 189 Å². The Morgan fingerprint density at radius 2 is 1.73 bits per heavy atom. The van der Waals surface area contributed by atoms with Gasteiger partial charge in [-0.25, -0.2) is 9.67 Å². The van der Waals surface area contributed by atoms with Gasteiger partial charge in [0.25, 0.3) is 0 Å². The van der Waals surface area contributed by atoms with Crippen molar-refractivity contribution in [3.8, 4) is 11.3 Å². The second kappa shape index (κ2) is 8.75. The number of aromatic nitrogens is 5. The molecule has 9 nitrogen and oxygen atoms in total. The van der Waals surface area contributed by atoms with Crippen LogP contribution in [0.1, 0.15) is 5.56 Å². The molecule has 0 atom stereocenters. The van der Waals surface area contributed by atoms with Gasteiger partial charge < -0.3 is 16.8 Å². The number of hydrogen-bond donors (Lipinski definition) is 3. The van der Waals surface area contributed by atoms with E-state index in [1.54, 1.807) is 16.9 Å². The minimum atomic E-state index is 0.201. The van der Waals surface area contributed by atoms with Crippen LogP contribution in [0, 0.1) is 0 Å². The van der Waals surface area contributed by atoms with E-state index in [1.807, 2.05) is 72.8 Å². The molecule has 5 N–H and O–H groups in total. The molecule has 0 bridgehead atoms. The topological polar surface area (TPSA) is 133 Å². The maximum Gasteiger partial charge on any atom is 0.199 e. The van der Waals surface area contributed by atoms with Crippen LogP contribution in [0.5, 0.6) is 0 Å². The van der Waals surface area contributed by atoms with Gasteiger partial charge in [-0.05, 0) is 35.9 Å². The number of anilines is 2. The van der Waals surface area contributed by atoms with Crippen molar-refractivity contribution in [1.29, 1.82) is 0 Å². The van der Waals surface area contributed by atoms with E-state index in [-0.39, 0.29) is 5.96 Å². The number of para-hydroxylation sites is 1. The third-order valence-electron chi connectivity index (χ3n) is 5.09. The zero-order chi connectivity index (χ0) is 22.6. The van der Waals surface area contributed by atoms with Crippen LogP contribution in [0.3, 0.4) is 0 Å². The third-order valence-corrected chi connectivity index (χ3v) is 5.09. The van der Waals surface area contributed by atoms with Crippen molar-refractivity contribution < 1.29 is 0 Å². The van der Waals surface area contributed by atoms with Gasteiger partial charge in [-0.2, -0.15) is 10.1 Å². The van der Waals surface area contributed by atoms with Gasteiger partial charge in [0.2, 0.25) is 0 Å². The van der Waals surface area contributed by atoms with Gasteiger partial charge in [0.05, 0.1) is 17.6 Å². The fourth-order valence-electron chi connectivity index (χ4n) is 3.52. The van der Waals surface area contributed by atoms with Gasteiger partial charge in [-0.15, -0.1) is 10.2 Å². The van der Waals surface area contributed by atoms with E-state index >= 15 is 0 Å². The van der Waals surface area contributed by atoms with Crippen LogP contribution in [0.4, 0.5) is 17.3 Å². The molecule has 0 radical (unpaired) electrons. The second-order valence-electron chi connectivity index (χ2n) is 7.34. The number of fused-ring (bicyclic) bond motifs is 1. The zero-order valence-electron chi connectivity index (χ0n) is 17.6. The molecule has 0 saturated carbocycles. The summed E-state index contributed by atoms with van der Waals surface area (Å²) >= 11 is 0. The van der Waals surface area contributed by atoms with E-state index in [9.17, 15) is 0 Å². The number of nitrogens with zero attached hydrogens (tertiary/aromatic N) is 6. The summed E-state index contributed by atoms with van der Waals surface area (Å²) in [6.07, 6.45) is 1.72. The molecule has 5 rings (SSSR count). The lowest BCUT2D eigenvalue weighted by Gasteiger charge is -2.12. The van der Waals surface area contributed by atoms with E-state index < -0.39 is 0 Å². The number of nitrogens with one attached hydrogen (secondary N) is 1. The Bertz CT molecular complexity index is 1420. The lowest BCUT2D eigenvalue weighted by molar-refractivity contribution is 0.709. The molecule has 3 aromatic heterocycles. The molecule has 5 aromatic rings. The second-order valence-corrected chi connectivity index (χ2v) is 7.34. The van der Waals surface area contributed by atoms with Crippen molar-refractivity contribution in [3.05, 3.63) is 90.6 Å². The Kier molecular flexibility index (Phi) is 5.34. The molecule has 0 aliphatic heterocycles. The van der Waals surface area contributed by atoms with Gasteiger partial charge in [0.1, 0.15) is 0 Å². The number of aliphatic imine (C=N–C) groups is 1. The highest BCUT2D eigenvalue weighted by Crippen LogP contribution is 2.22. The fourth-order valence-corrected chi connectivity index (χ4v) is 3.52. The van der Waals surface area contributed by atoms with Crippen LogP contribution in [-0.2, 0) is 6.54 Å². The van der Waals surface area contributed by atoms with Gasteiger partial charge >= 0.3 is 0 Å². The number of benzene rings is 2. The summed E-state index contributed by atoms with van der Waals surface area (Å²) in [4.78, 5) is 8.76. The Hall–Kier alpha value is -4.79. The molecule has 0 amide bonds. The summed E-state index contributed by atoms with van der Waals surface area (Å²) in [5.74, 6) is 1.06. The molecule has 33 heavy (non-hydrogen) atoms. The largest absolute Gasteiger partial charge is 0.382 e. The predicted octanol–water partition coefficient (Wildman–Crippen LogP) is 3.58. The smallest absolute Gasteiger partial charge is 0.199 e. The van der Waals surface area contributed by atoms with E-state index in [0.717, 1.165) is 33.5 Å². The first-order valence-electron chi connectivity index (χ1n) is 10.3. The van der Waals surface area contributed by atoms with Gasteiger partial charge in [0, 0.05) is 17.4 Å². The van der Waals surface area contributed by atoms with E-state index in [4.69, 9.17) is 11.5 Å². The molecule has 0 aliphatic carbocycles. The summed E-state index contributed by atoms with van der Waals surface area (Å²) in [6, 6.07) is 25.0. The minimum Gasteiger partial charge on any atom is -0.382 e. The normalized spacial score (nSPS) is 11.6. The highest BCUT2D eigenvalue weighted by molar-refractivity contribution is 5.94. The van der Waals surface area contributed by atoms with Gasteiger partial charge in [-0.3, -0.25) is 0 Å². The number of pyridine rings is 1. The van der Waals surface area contributed by atoms with Crippen LogP contribution in [0.15, 0.2) is 90.1 Å². The first kappa shape index (κ1) is 20.1. The van der Waals surface area contributed by atoms with Crippen molar-refractivity contribution >= 4 is 34.3 Å². The first-order valence-corrected chi connectivity index (χ1v) is 10.3. The molecule has 9 heteroatoms. The van der Waals surface area contributed by atoms with Crippen LogP contribution in [-0.4, -0.2) is 30.9 Å². The maximum atomic E-state index is 6.16. The van der Waals surface area contributed by atoms with E-state index in [2.05, 4.69) is 30.6 Å². The molecular formula is C24H21N9. The number of nitrogens with two attached hydrogens (primary N) is 2. The van der Waals surface area contributed by atoms with Crippen molar-refractivity contribution in [2.75, 3.05) is 11.1 Å². The molecule has 0 aliphatic rings. The van der Waals surface area contributed by atoms with Crippen LogP contribution in [0.25, 0.3) is 22.3 Å². The predicted molar refractivity (Wildman–Crippen MR) is 130 cm³/mol. The lowest BCUT2D eigenvalue weighted by atomic mass is 10.1. The summed E-state index contributed by atoms with van der Waals surface area (Å²) in [5.41, 5.74) is 16.4. The van der Waals surface area contributed by atoms with Crippen molar-refractivity contribution in [2.45, 2.75) is 6.54 Å². The zero-order valence-corrected chi connectivity index (χ0v) is 17.6. The van der Waals surface area contributed by atoms with Crippen molar-refractivity contribution in [3.63, 3.8) is 0 Å². The highest BCUT2D eigenvalue weighted by Gasteiger charge is 2.11. The summed E-state index contributed by atoms with van der Waals surface area (Å²) < 4.78 is 1.77. The summed E-state index contributed by atoms with van der Waals surface area (Å²) in [5, 5.41) is 16.8. The highest BCUT2D eigenvalue weighted by atomic mass is 15.3. The van der Waals surface area contributed by atoms with Crippen LogP contribution < -0.4 is 16.8 Å². The molecular weight excluding hydrogens is 414 g/mol. The van der Waals surface area contributed by atoms with Gasteiger partial charge in [0.15, 0.2) is 23.2 Å².